The second-order valence-corrected chi connectivity index (χ2v) is 4.37. The van der Waals surface area contributed by atoms with Crippen LogP contribution in [0.3, 0.4) is 0 Å². The highest BCUT2D eigenvalue weighted by molar-refractivity contribution is 5.78. The van der Waals surface area contributed by atoms with Gasteiger partial charge in [-0.15, -0.1) is 0 Å². The number of fused-ring (bicyclic) bond motifs is 1. The van der Waals surface area contributed by atoms with E-state index in [0.29, 0.717) is 0 Å². The molecule has 7 nitrogen and oxygen atoms in total. The third-order valence-corrected chi connectivity index (χ3v) is 2.65. The third-order valence-electron chi connectivity index (χ3n) is 2.65. The van der Waals surface area contributed by atoms with Crippen molar-refractivity contribution in [3.05, 3.63) is 10.4 Å². The molecule has 0 N–H and O–H groups in total. The van der Waals surface area contributed by atoms with Crippen LogP contribution in [0.5, 0.6) is 0 Å². The summed E-state index contributed by atoms with van der Waals surface area (Å²) in [5, 5.41) is 3.52. The van der Waals surface area contributed by atoms with Gasteiger partial charge in [0.25, 0.3) is 0 Å². The van der Waals surface area contributed by atoms with E-state index in [1.54, 1.807) is 20.8 Å². The van der Waals surface area contributed by atoms with Crippen LogP contribution in [0.2, 0.25) is 0 Å². The Morgan fingerprint density at radius 1 is 1.50 bits per heavy atom. The van der Waals surface area contributed by atoms with E-state index in [1.165, 1.54) is 0 Å². The highest BCUT2D eigenvalue weighted by Crippen LogP contribution is 2.37. The molecule has 2 saturated heterocycles. The smallest absolute Gasteiger partial charge is 0.338 e. The van der Waals surface area contributed by atoms with Crippen LogP contribution in [-0.2, 0) is 19.0 Å². The van der Waals surface area contributed by atoms with Crippen molar-refractivity contribution in [3.8, 4) is 0 Å². The van der Waals surface area contributed by atoms with Crippen LogP contribution in [0.1, 0.15) is 20.8 Å². The molecule has 0 saturated carbocycles. The van der Waals surface area contributed by atoms with Gasteiger partial charge in [-0.3, -0.25) is 0 Å². The molecule has 0 bridgehead atoms. The number of rotatable bonds is 2. The summed E-state index contributed by atoms with van der Waals surface area (Å²) in [6.07, 6.45) is -1.78. The molecule has 7 heteroatoms. The number of carbonyl (C=O) groups is 1. The first-order chi connectivity index (χ1) is 7.44. The van der Waals surface area contributed by atoms with E-state index in [2.05, 4.69) is 10.0 Å². The Labute approximate surface area is 92.3 Å². The zero-order valence-corrected chi connectivity index (χ0v) is 9.28. The van der Waals surface area contributed by atoms with Crippen molar-refractivity contribution in [2.45, 2.75) is 50.9 Å². The summed E-state index contributed by atoms with van der Waals surface area (Å²) in [7, 11) is 0. The van der Waals surface area contributed by atoms with E-state index in [4.69, 9.17) is 19.7 Å². The minimum Gasteiger partial charge on any atom is -0.457 e. The van der Waals surface area contributed by atoms with Crippen molar-refractivity contribution in [1.29, 1.82) is 0 Å². The standard InChI is InChI=1S/C9H13N3O4/c1-4(11-12-10)5-6-7(8(13)14-5)16-9(2,3)15-6/h4-7H,1-3H3/t4-,5-,6+,7+/m0/s1. The highest BCUT2D eigenvalue weighted by atomic mass is 16.8. The molecule has 0 aromatic heterocycles. The van der Waals surface area contributed by atoms with Crippen molar-refractivity contribution in [2.24, 2.45) is 5.11 Å². The Morgan fingerprint density at radius 3 is 2.81 bits per heavy atom. The number of ether oxygens (including phenoxy) is 3. The van der Waals surface area contributed by atoms with Crippen LogP contribution in [0.25, 0.3) is 10.4 Å². The summed E-state index contributed by atoms with van der Waals surface area (Å²) in [6, 6.07) is -0.471. The normalized spacial score (nSPS) is 37.4. The molecule has 2 heterocycles. The van der Waals surface area contributed by atoms with Crippen LogP contribution >= 0.6 is 0 Å². The number of hydrogen-bond acceptors (Lipinski definition) is 5. The molecule has 16 heavy (non-hydrogen) atoms. The van der Waals surface area contributed by atoms with Crippen molar-refractivity contribution in [2.75, 3.05) is 0 Å². The minimum atomic E-state index is -0.802. The summed E-state index contributed by atoms with van der Waals surface area (Å²) >= 11 is 0. The summed E-state index contributed by atoms with van der Waals surface area (Å²) in [4.78, 5) is 14.2. The molecule has 2 aliphatic heterocycles. The predicted octanol–water partition coefficient (Wildman–Crippen LogP) is 1.13. The Hall–Kier alpha value is -1.30. The molecule has 0 aromatic rings. The first kappa shape index (κ1) is 11.2. The van der Waals surface area contributed by atoms with E-state index in [1.807, 2.05) is 0 Å². The lowest BCUT2D eigenvalue weighted by atomic mass is 10.1. The van der Waals surface area contributed by atoms with Gasteiger partial charge >= 0.3 is 5.97 Å². The molecule has 2 fully saturated rings. The van der Waals surface area contributed by atoms with Gasteiger partial charge in [0.05, 0.1) is 6.04 Å². The molecule has 4 atom stereocenters. The zero-order valence-electron chi connectivity index (χ0n) is 9.28. The number of azide groups is 1. The van der Waals surface area contributed by atoms with E-state index >= 15 is 0 Å². The molecule has 2 rings (SSSR count). The molecule has 0 unspecified atom stereocenters. The van der Waals surface area contributed by atoms with Crippen molar-refractivity contribution in [3.63, 3.8) is 0 Å². The summed E-state index contributed by atoms with van der Waals surface area (Å²) in [5.41, 5.74) is 8.35. The van der Waals surface area contributed by atoms with Gasteiger partial charge in [-0.1, -0.05) is 12.0 Å². The lowest BCUT2D eigenvalue weighted by Crippen LogP contribution is -2.36. The van der Waals surface area contributed by atoms with E-state index in [-0.39, 0.29) is 0 Å². The largest absolute Gasteiger partial charge is 0.457 e. The van der Waals surface area contributed by atoms with E-state index < -0.39 is 36.1 Å². The Morgan fingerprint density at radius 2 is 2.19 bits per heavy atom. The van der Waals surface area contributed by atoms with Crippen LogP contribution in [-0.4, -0.2) is 36.1 Å². The van der Waals surface area contributed by atoms with Crippen molar-refractivity contribution in [1.82, 2.24) is 0 Å². The number of carbonyl (C=O) groups excluding carboxylic acids is 1. The molecule has 2 aliphatic rings. The maximum atomic E-state index is 11.5. The summed E-state index contributed by atoms with van der Waals surface area (Å²) in [6.45, 7) is 5.14. The highest BCUT2D eigenvalue weighted by Gasteiger charge is 2.57. The lowest BCUT2D eigenvalue weighted by molar-refractivity contribution is -0.187. The fourth-order valence-corrected chi connectivity index (χ4v) is 2.00. The molecule has 0 amide bonds. The van der Waals surface area contributed by atoms with Gasteiger partial charge in [0, 0.05) is 4.91 Å². The quantitative estimate of drug-likeness (QED) is 0.306. The number of nitrogens with zero attached hydrogens (tertiary/aromatic N) is 3. The van der Waals surface area contributed by atoms with Gasteiger partial charge in [0.15, 0.2) is 11.9 Å². The van der Waals surface area contributed by atoms with E-state index in [0.717, 1.165) is 0 Å². The summed E-state index contributed by atoms with van der Waals surface area (Å²) < 4.78 is 16.1. The number of hydrogen-bond donors (Lipinski definition) is 0. The topological polar surface area (TPSA) is 93.5 Å². The Kier molecular flexibility index (Phi) is 2.53. The Bertz CT molecular complexity index is 364. The number of esters is 1. The molecule has 0 aromatic carbocycles. The van der Waals surface area contributed by atoms with Crippen LogP contribution in [0, 0.1) is 0 Å². The average Bonchev–Trinajstić information content (AvgIpc) is 2.62. The SMILES string of the molecule is C[C@H](N=[N+]=[N-])[C@@H]1OC(=O)[C@@H]2OC(C)(C)O[C@H]12. The fraction of sp³-hybridized carbons (Fsp3) is 0.889. The van der Waals surface area contributed by atoms with Crippen molar-refractivity contribution >= 4 is 5.97 Å². The monoisotopic (exact) mass is 227 g/mol. The van der Waals surface area contributed by atoms with Crippen LogP contribution < -0.4 is 0 Å². The Balaban J connectivity index is 2.19. The second-order valence-electron chi connectivity index (χ2n) is 4.37. The van der Waals surface area contributed by atoms with Crippen LogP contribution in [0.4, 0.5) is 0 Å². The molecule has 0 aliphatic carbocycles. The average molecular weight is 227 g/mol. The molecule has 88 valence electrons. The first-order valence-electron chi connectivity index (χ1n) is 5.05. The molecular formula is C9H13N3O4. The summed E-state index contributed by atoms with van der Waals surface area (Å²) in [5.74, 6) is -1.26. The first-order valence-corrected chi connectivity index (χ1v) is 5.05. The third kappa shape index (κ3) is 1.73. The molecule has 0 spiro atoms. The molecular weight excluding hydrogens is 214 g/mol. The minimum absolute atomic E-state index is 0.458. The lowest BCUT2D eigenvalue weighted by Gasteiger charge is -2.22. The van der Waals surface area contributed by atoms with Gasteiger partial charge in [0.2, 0.25) is 0 Å². The fourth-order valence-electron chi connectivity index (χ4n) is 2.00. The van der Waals surface area contributed by atoms with Crippen LogP contribution in [0.15, 0.2) is 5.11 Å². The second kappa shape index (κ2) is 3.62. The van der Waals surface area contributed by atoms with Crippen molar-refractivity contribution < 1.29 is 19.0 Å². The van der Waals surface area contributed by atoms with Gasteiger partial charge in [0.1, 0.15) is 12.2 Å². The van der Waals surface area contributed by atoms with Gasteiger partial charge in [-0.2, -0.15) is 0 Å². The van der Waals surface area contributed by atoms with Gasteiger partial charge in [-0.05, 0) is 19.4 Å². The molecule has 0 radical (unpaired) electrons. The number of cyclic esters (lactones) is 1. The maximum Gasteiger partial charge on any atom is 0.338 e. The van der Waals surface area contributed by atoms with E-state index in [9.17, 15) is 4.79 Å². The van der Waals surface area contributed by atoms with Gasteiger partial charge < -0.3 is 14.2 Å². The van der Waals surface area contributed by atoms with Gasteiger partial charge in [-0.25, -0.2) is 4.79 Å². The maximum absolute atomic E-state index is 11.5. The zero-order chi connectivity index (χ0) is 11.9. The predicted molar refractivity (Wildman–Crippen MR) is 52.3 cm³/mol.